The van der Waals surface area contributed by atoms with E-state index in [9.17, 15) is 9.59 Å². The molecule has 5 rings (SSSR count). The summed E-state index contributed by atoms with van der Waals surface area (Å²) in [5.74, 6) is 0.584. The van der Waals surface area contributed by atoms with Crippen molar-refractivity contribution in [1.29, 1.82) is 0 Å². The molecule has 0 spiro atoms. The number of carbonyl (C=O) groups is 2. The van der Waals surface area contributed by atoms with Crippen LogP contribution >= 0.6 is 23.2 Å². The summed E-state index contributed by atoms with van der Waals surface area (Å²) in [6.07, 6.45) is 2.11. The molecule has 0 unspecified atom stereocenters. The summed E-state index contributed by atoms with van der Waals surface area (Å²) in [7, 11) is 0. The van der Waals surface area contributed by atoms with E-state index in [1.807, 2.05) is 66.7 Å². The fourth-order valence-corrected chi connectivity index (χ4v) is 5.62. The molecule has 42 heavy (non-hydrogen) atoms. The number of benzene rings is 3. The molecule has 2 aliphatic heterocycles. The molecule has 3 aromatic rings. The van der Waals surface area contributed by atoms with Crippen molar-refractivity contribution in [3.8, 4) is 5.75 Å². The van der Waals surface area contributed by atoms with Crippen molar-refractivity contribution < 1.29 is 23.8 Å². The van der Waals surface area contributed by atoms with E-state index in [-0.39, 0.29) is 19.2 Å². The van der Waals surface area contributed by atoms with E-state index in [1.165, 1.54) is 4.90 Å². The van der Waals surface area contributed by atoms with Gasteiger partial charge < -0.3 is 19.1 Å². The first kappa shape index (κ1) is 30.0. The lowest BCUT2D eigenvalue weighted by Crippen LogP contribution is -2.46. The van der Waals surface area contributed by atoms with Gasteiger partial charge in [0.25, 0.3) is 0 Å². The monoisotopic (exact) mass is 611 g/mol. The molecule has 0 aromatic heterocycles. The number of amides is 1. The number of rotatable bonds is 11. The molecule has 3 aromatic carbocycles. The first-order valence-corrected chi connectivity index (χ1v) is 15.0. The molecule has 0 saturated carbocycles. The lowest BCUT2D eigenvalue weighted by Gasteiger charge is -2.36. The summed E-state index contributed by atoms with van der Waals surface area (Å²) < 4.78 is 16.5. The number of hydrogen-bond donors (Lipinski definition) is 0. The Hall–Kier alpha value is -3.46. The highest BCUT2D eigenvalue weighted by Crippen LogP contribution is 2.33. The number of piperazine rings is 1. The average molecular weight is 613 g/mol. The van der Waals surface area contributed by atoms with E-state index < -0.39 is 6.16 Å². The van der Waals surface area contributed by atoms with E-state index in [1.54, 1.807) is 0 Å². The van der Waals surface area contributed by atoms with Crippen LogP contribution in [0.1, 0.15) is 30.4 Å². The molecule has 1 saturated heterocycles. The van der Waals surface area contributed by atoms with Gasteiger partial charge in [0.05, 0.1) is 28.0 Å². The van der Waals surface area contributed by atoms with Gasteiger partial charge in [0, 0.05) is 38.7 Å². The fraction of sp³-hybridized carbons (Fsp3) is 0.375. The van der Waals surface area contributed by atoms with Gasteiger partial charge in [0.15, 0.2) is 6.73 Å². The molecule has 0 N–H and O–H groups in total. The Kier molecular flexibility index (Phi) is 10.5. The van der Waals surface area contributed by atoms with Crippen LogP contribution < -0.4 is 14.5 Å². The Bertz CT molecular complexity index is 1370. The maximum absolute atomic E-state index is 12.7. The SMILES string of the molecule is O=C(OCc1ccccc1)OCN1C(=O)CCc2ccc(OCCCCN3CCN(c4cccc(Cl)c4Cl)CC3)cc21. The topological polar surface area (TPSA) is 71.5 Å². The van der Waals surface area contributed by atoms with Crippen molar-refractivity contribution in [3.05, 3.63) is 87.9 Å². The van der Waals surface area contributed by atoms with Crippen LogP contribution in [-0.2, 0) is 27.3 Å². The third kappa shape index (κ3) is 7.88. The molecule has 10 heteroatoms. The van der Waals surface area contributed by atoms with E-state index in [0.717, 1.165) is 62.4 Å². The number of nitrogens with zero attached hydrogens (tertiary/aromatic N) is 3. The Labute approximate surface area is 256 Å². The summed E-state index contributed by atoms with van der Waals surface area (Å²) in [5.41, 5.74) is 3.58. The highest BCUT2D eigenvalue weighted by Gasteiger charge is 2.26. The number of ether oxygens (including phenoxy) is 3. The molecule has 2 aliphatic rings. The molecule has 1 fully saturated rings. The second-order valence-electron chi connectivity index (χ2n) is 10.4. The molecule has 222 valence electrons. The highest BCUT2D eigenvalue weighted by atomic mass is 35.5. The lowest BCUT2D eigenvalue weighted by molar-refractivity contribution is -0.119. The lowest BCUT2D eigenvalue weighted by atomic mass is 10.0. The van der Waals surface area contributed by atoms with E-state index in [2.05, 4.69) is 9.80 Å². The Morgan fingerprint density at radius 2 is 1.64 bits per heavy atom. The first-order valence-electron chi connectivity index (χ1n) is 14.3. The van der Waals surface area contributed by atoms with Crippen molar-refractivity contribution in [3.63, 3.8) is 0 Å². The van der Waals surface area contributed by atoms with Crippen LogP contribution in [0.2, 0.25) is 10.0 Å². The van der Waals surface area contributed by atoms with Crippen LogP contribution in [0, 0.1) is 0 Å². The van der Waals surface area contributed by atoms with Gasteiger partial charge in [0.2, 0.25) is 5.91 Å². The fourth-order valence-electron chi connectivity index (χ4n) is 5.20. The molecule has 0 bridgehead atoms. The number of hydrogen-bond acceptors (Lipinski definition) is 7. The zero-order valence-electron chi connectivity index (χ0n) is 23.5. The summed E-state index contributed by atoms with van der Waals surface area (Å²) in [4.78, 5) is 31.0. The van der Waals surface area contributed by atoms with Gasteiger partial charge in [-0.05, 0) is 55.1 Å². The van der Waals surface area contributed by atoms with Crippen molar-refractivity contribution in [2.24, 2.45) is 0 Å². The zero-order valence-corrected chi connectivity index (χ0v) is 25.0. The summed E-state index contributed by atoms with van der Waals surface area (Å²) in [6, 6.07) is 20.9. The normalized spacial score (nSPS) is 15.3. The van der Waals surface area contributed by atoms with Crippen LogP contribution in [0.4, 0.5) is 16.2 Å². The number of unbranched alkanes of at least 4 members (excludes halogenated alkanes) is 1. The van der Waals surface area contributed by atoms with Crippen LogP contribution in [0.3, 0.4) is 0 Å². The van der Waals surface area contributed by atoms with Gasteiger partial charge in [-0.15, -0.1) is 0 Å². The molecule has 2 heterocycles. The second kappa shape index (κ2) is 14.6. The van der Waals surface area contributed by atoms with Crippen molar-refractivity contribution in [1.82, 2.24) is 4.90 Å². The van der Waals surface area contributed by atoms with Gasteiger partial charge in [-0.2, -0.15) is 0 Å². The summed E-state index contributed by atoms with van der Waals surface area (Å²) in [5, 5.41) is 1.20. The number of aryl methyl sites for hydroxylation is 1. The standard InChI is InChI=1S/C32H35Cl2N3O5/c33-27-9-6-10-28(31(27)34)36-18-16-35(17-19-36)15-4-5-20-40-26-13-11-25-12-14-30(38)37(29(25)21-26)23-42-32(39)41-22-24-7-2-1-3-8-24/h1-3,6-11,13,21H,4-5,12,14-20,22-23H2. The predicted molar refractivity (Wildman–Crippen MR) is 165 cm³/mol. The van der Waals surface area contributed by atoms with Gasteiger partial charge in [-0.3, -0.25) is 14.6 Å². The molecular weight excluding hydrogens is 577 g/mol. The van der Waals surface area contributed by atoms with Gasteiger partial charge >= 0.3 is 6.16 Å². The minimum absolute atomic E-state index is 0.103. The second-order valence-corrected chi connectivity index (χ2v) is 11.2. The summed E-state index contributed by atoms with van der Waals surface area (Å²) in [6.45, 7) is 5.25. The molecule has 1 amide bonds. The average Bonchev–Trinajstić information content (AvgIpc) is 3.01. The first-order chi connectivity index (χ1) is 20.5. The maximum atomic E-state index is 12.7. The maximum Gasteiger partial charge on any atom is 0.510 e. The van der Waals surface area contributed by atoms with E-state index in [4.69, 9.17) is 37.4 Å². The minimum Gasteiger partial charge on any atom is -0.494 e. The Morgan fingerprint density at radius 1 is 0.833 bits per heavy atom. The third-order valence-corrected chi connectivity index (χ3v) is 8.36. The van der Waals surface area contributed by atoms with Crippen LogP contribution in [0.15, 0.2) is 66.7 Å². The molecule has 8 nitrogen and oxygen atoms in total. The van der Waals surface area contributed by atoms with Gasteiger partial charge in [-0.1, -0.05) is 65.7 Å². The van der Waals surface area contributed by atoms with Crippen LogP contribution in [0.5, 0.6) is 5.75 Å². The van der Waals surface area contributed by atoms with Crippen molar-refractivity contribution in [2.75, 3.05) is 55.9 Å². The number of carbonyl (C=O) groups excluding carboxylic acids is 2. The largest absolute Gasteiger partial charge is 0.510 e. The molecular formula is C32H35Cl2N3O5. The highest BCUT2D eigenvalue weighted by molar-refractivity contribution is 6.43. The predicted octanol–water partition coefficient (Wildman–Crippen LogP) is 6.56. The quantitative estimate of drug-likeness (QED) is 0.179. The number of anilines is 2. The molecule has 0 radical (unpaired) electrons. The third-order valence-electron chi connectivity index (χ3n) is 7.55. The van der Waals surface area contributed by atoms with E-state index >= 15 is 0 Å². The van der Waals surface area contributed by atoms with E-state index in [0.29, 0.717) is 40.9 Å². The van der Waals surface area contributed by atoms with Gasteiger partial charge in [0.1, 0.15) is 12.4 Å². The minimum atomic E-state index is -0.819. The number of halogens is 2. The Morgan fingerprint density at radius 3 is 2.45 bits per heavy atom. The number of fused-ring (bicyclic) bond motifs is 1. The van der Waals surface area contributed by atoms with Crippen LogP contribution in [0.25, 0.3) is 0 Å². The van der Waals surface area contributed by atoms with Gasteiger partial charge in [-0.25, -0.2) is 4.79 Å². The van der Waals surface area contributed by atoms with Crippen LogP contribution in [-0.4, -0.2) is 63.0 Å². The molecule has 0 aliphatic carbocycles. The smallest absolute Gasteiger partial charge is 0.494 e. The zero-order chi connectivity index (χ0) is 29.3. The molecule has 0 atom stereocenters. The van der Waals surface area contributed by atoms with Crippen molar-refractivity contribution in [2.45, 2.75) is 32.3 Å². The summed E-state index contributed by atoms with van der Waals surface area (Å²) >= 11 is 12.6. The Balaban J connectivity index is 1.04. The van der Waals surface area contributed by atoms with Crippen molar-refractivity contribution >= 4 is 46.6 Å².